The van der Waals surface area contributed by atoms with Gasteiger partial charge in [0.05, 0.1) is 6.04 Å². The minimum absolute atomic E-state index is 0.149. The fourth-order valence-corrected chi connectivity index (χ4v) is 2.26. The molecule has 3 nitrogen and oxygen atoms in total. The fourth-order valence-electron chi connectivity index (χ4n) is 2.26. The van der Waals surface area contributed by atoms with Gasteiger partial charge in [0, 0.05) is 12.1 Å². The summed E-state index contributed by atoms with van der Waals surface area (Å²) >= 11 is 0. The Morgan fingerprint density at radius 1 is 1.50 bits per heavy atom. The molecule has 0 aliphatic heterocycles. The van der Waals surface area contributed by atoms with Crippen molar-refractivity contribution in [3.8, 4) is 0 Å². The minimum Gasteiger partial charge on any atom is -0.465 e. The number of likely N-dealkylation sites (N-methyl/N-ethyl adjacent to an activating group) is 1. The summed E-state index contributed by atoms with van der Waals surface area (Å²) in [6.07, 6.45) is 3.56. The van der Waals surface area contributed by atoms with Crippen LogP contribution in [0.5, 0.6) is 0 Å². The molecule has 0 radical (unpaired) electrons. The number of hydrogen-bond acceptors (Lipinski definition) is 3. The van der Waals surface area contributed by atoms with Crippen LogP contribution in [-0.2, 0) is 0 Å². The van der Waals surface area contributed by atoms with Crippen LogP contribution in [0.3, 0.4) is 0 Å². The molecule has 0 spiro atoms. The van der Waals surface area contributed by atoms with E-state index in [-0.39, 0.29) is 12.1 Å². The van der Waals surface area contributed by atoms with Crippen LogP contribution in [0.4, 0.5) is 0 Å². The second-order valence-electron chi connectivity index (χ2n) is 4.86. The molecule has 90 valence electrons. The molecule has 2 rings (SSSR count). The van der Waals surface area contributed by atoms with E-state index in [1.165, 1.54) is 12.8 Å². The maximum absolute atomic E-state index is 6.22. The van der Waals surface area contributed by atoms with Gasteiger partial charge >= 0.3 is 0 Å². The van der Waals surface area contributed by atoms with Gasteiger partial charge in [-0.25, -0.2) is 0 Å². The first kappa shape index (κ1) is 11.7. The van der Waals surface area contributed by atoms with Crippen LogP contribution in [0.25, 0.3) is 0 Å². The van der Waals surface area contributed by atoms with Gasteiger partial charge in [-0.1, -0.05) is 6.92 Å². The van der Waals surface area contributed by atoms with Crippen molar-refractivity contribution >= 4 is 0 Å². The first-order chi connectivity index (χ1) is 7.63. The zero-order valence-electron chi connectivity index (χ0n) is 10.4. The lowest BCUT2D eigenvalue weighted by molar-refractivity contribution is 0.173. The molecule has 0 aromatic carbocycles. The predicted octanol–water partition coefficient (Wildman–Crippen LogP) is 2.46. The van der Waals surface area contributed by atoms with E-state index in [1.807, 2.05) is 13.0 Å². The number of aryl methyl sites for hydroxylation is 1. The Hall–Kier alpha value is -0.800. The quantitative estimate of drug-likeness (QED) is 0.832. The average molecular weight is 222 g/mol. The summed E-state index contributed by atoms with van der Waals surface area (Å²) in [5.74, 6) is 1.98. The largest absolute Gasteiger partial charge is 0.465 e. The van der Waals surface area contributed by atoms with Gasteiger partial charge in [-0.15, -0.1) is 0 Å². The average Bonchev–Trinajstić information content (AvgIpc) is 3.03. The molecule has 3 heteroatoms. The molecule has 0 amide bonds. The van der Waals surface area contributed by atoms with Crippen LogP contribution in [0.15, 0.2) is 16.5 Å². The Morgan fingerprint density at radius 3 is 2.62 bits per heavy atom. The predicted molar refractivity (Wildman–Crippen MR) is 65.2 cm³/mol. The lowest BCUT2D eigenvalue weighted by Crippen LogP contribution is -2.39. The minimum atomic E-state index is 0.149. The third-order valence-electron chi connectivity index (χ3n) is 3.49. The molecule has 1 saturated carbocycles. The highest BCUT2D eigenvalue weighted by molar-refractivity contribution is 5.13. The molecular formula is C13H22N2O. The monoisotopic (exact) mass is 222 g/mol. The number of nitrogens with zero attached hydrogens (tertiary/aromatic N) is 1. The van der Waals surface area contributed by atoms with Gasteiger partial charge in [-0.05, 0) is 45.4 Å². The van der Waals surface area contributed by atoms with E-state index in [0.29, 0.717) is 6.04 Å². The highest BCUT2D eigenvalue weighted by Gasteiger charge is 2.35. The van der Waals surface area contributed by atoms with Crippen molar-refractivity contribution in [2.24, 2.45) is 5.73 Å². The normalized spacial score (nSPS) is 20.1. The molecular weight excluding hydrogens is 200 g/mol. The standard InChI is InChI=1S/C13H22N2O/c1-4-11(14)13(15(3)10-6-7-10)12-8-5-9(2)16-12/h5,8,10-11,13H,4,6-7,14H2,1-3H3. The Bertz CT molecular complexity index is 343. The molecule has 16 heavy (non-hydrogen) atoms. The second kappa shape index (κ2) is 4.60. The lowest BCUT2D eigenvalue weighted by Gasteiger charge is -2.30. The van der Waals surface area contributed by atoms with Crippen molar-refractivity contribution in [3.05, 3.63) is 23.7 Å². The first-order valence-corrected chi connectivity index (χ1v) is 6.17. The van der Waals surface area contributed by atoms with Gasteiger partial charge in [0.15, 0.2) is 0 Å². The molecule has 2 N–H and O–H groups in total. The summed E-state index contributed by atoms with van der Waals surface area (Å²) in [6.45, 7) is 4.11. The van der Waals surface area contributed by atoms with Gasteiger partial charge < -0.3 is 10.2 Å². The summed E-state index contributed by atoms with van der Waals surface area (Å²) in [6, 6.07) is 5.16. The van der Waals surface area contributed by atoms with Crippen LogP contribution >= 0.6 is 0 Å². The van der Waals surface area contributed by atoms with E-state index >= 15 is 0 Å². The van der Waals surface area contributed by atoms with Gasteiger partial charge in [-0.2, -0.15) is 0 Å². The van der Waals surface area contributed by atoms with Crippen LogP contribution in [0.2, 0.25) is 0 Å². The SMILES string of the molecule is CCC(N)C(c1ccc(C)o1)N(C)C1CC1. The third kappa shape index (κ3) is 2.30. The van der Waals surface area contributed by atoms with Crippen LogP contribution in [0.1, 0.15) is 43.7 Å². The Kier molecular flexibility index (Phi) is 3.36. The highest BCUT2D eigenvalue weighted by Crippen LogP contribution is 2.35. The molecule has 1 fully saturated rings. The molecule has 2 unspecified atom stereocenters. The van der Waals surface area contributed by atoms with Crippen LogP contribution in [0, 0.1) is 6.92 Å². The summed E-state index contributed by atoms with van der Waals surface area (Å²) in [4.78, 5) is 2.38. The van der Waals surface area contributed by atoms with Crippen molar-refractivity contribution in [1.82, 2.24) is 4.90 Å². The fraction of sp³-hybridized carbons (Fsp3) is 0.692. The summed E-state index contributed by atoms with van der Waals surface area (Å²) in [5, 5.41) is 0. The van der Waals surface area contributed by atoms with E-state index in [1.54, 1.807) is 0 Å². The topological polar surface area (TPSA) is 42.4 Å². The zero-order chi connectivity index (χ0) is 11.7. The van der Waals surface area contributed by atoms with E-state index < -0.39 is 0 Å². The van der Waals surface area contributed by atoms with Gasteiger partial charge in [0.2, 0.25) is 0 Å². The molecule has 0 saturated heterocycles. The number of furan rings is 1. The van der Waals surface area contributed by atoms with Crippen molar-refractivity contribution < 1.29 is 4.42 Å². The maximum Gasteiger partial charge on any atom is 0.122 e. The van der Waals surface area contributed by atoms with E-state index in [0.717, 1.165) is 17.9 Å². The van der Waals surface area contributed by atoms with Crippen molar-refractivity contribution in [3.63, 3.8) is 0 Å². The van der Waals surface area contributed by atoms with E-state index in [4.69, 9.17) is 10.2 Å². The molecule has 1 aliphatic carbocycles. The van der Waals surface area contributed by atoms with Crippen LogP contribution in [-0.4, -0.2) is 24.0 Å². The highest BCUT2D eigenvalue weighted by atomic mass is 16.3. The summed E-state index contributed by atoms with van der Waals surface area (Å²) < 4.78 is 5.75. The van der Waals surface area contributed by atoms with Crippen molar-refractivity contribution in [2.75, 3.05) is 7.05 Å². The molecule has 0 bridgehead atoms. The molecule has 1 heterocycles. The van der Waals surface area contributed by atoms with Crippen molar-refractivity contribution in [2.45, 2.75) is 51.2 Å². The third-order valence-corrected chi connectivity index (χ3v) is 3.49. The summed E-state index contributed by atoms with van der Waals surface area (Å²) in [7, 11) is 2.16. The second-order valence-corrected chi connectivity index (χ2v) is 4.86. The molecule has 2 atom stereocenters. The smallest absolute Gasteiger partial charge is 0.122 e. The van der Waals surface area contributed by atoms with Gasteiger partial charge in [-0.3, -0.25) is 4.90 Å². The maximum atomic E-state index is 6.22. The van der Waals surface area contributed by atoms with E-state index in [9.17, 15) is 0 Å². The molecule has 1 aromatic heterocycles. The van der Waals surface area contributed by atoms with Gasteiger partial charge in [0.1, 0.15) is 11.5 Å². The number of rotatable bonds is 5. The summed E-state index contributed by atoms with van der Waals surface area (Å²) in [5.41, 5.74) is 6.22. The van der Waals surface area contributed by atoms with Gasteiger partial charge in [0.25, 0.3) is 0 Å². The van der Waals surface area contributed by atoms with E-state index in [2.05, 4.69) is 24.9 Å². The van der Waals surface area contributed by atoms with Crippen LogP contribution < -0.4 is 5.73 Å². The molecule has 1 aliphatic rings. The lowest BCUT2D eigenvalue weighted by atomic mass is 10.0. The Morgan fingerprint density at radius 2 is 2.19 bits per heavy atom. The molecule has 1 aromatic rings. The Labute approximate surface area is 97.6 Å². The first-order valence-electron chi connectivity index (χ1n) is 6.17. The zero-order valence-corrected chi connectivity index (χ0v) is 10.4. The number of hydrogen-bond donors (Lipinski definition) is 1. The number of nitrogens with two attached hydrogens (primary N) is 1. The Balaban J connectivity index is 2.19. The van der Waals surface area contributed by atoms with Crippen molar-refractivity contribution in [1.29, 1.82) is 0 Å².